The van der Waals surface area contributed by atoms with E-state index in [0.717, 1.165) is 0 Å². The van der Waals surface area contributed by atoms with Crippen LogP contribution in [0.2, 0.25) is 5.02 Å². The molecule has 0 spiro atoms. The molecule has 0 fully saturated rings. The van der Waals surface area contributed by atoms with E-state index >= 15 is 0 Å². The highest BCUT2D eigenvalue weighted by Gasteiger charge is 2.13. The number of rotatable bonds is 5. The standard InChI is InChI=1S/C11H8ClF2N3O3/c12-7-1-2-9(20-11(13)14)6(3-7)4-17-5-8(10(18)19)15-16-17/h1-3,5,11H,4H2,(H,18,19). The second kappa shape index (κ2) is 5.83. The molecule has 0 saturated heterocycles. The summed E-state index contributed by atoms with van der Waals surface area (Å²) >= 11 is 5.79. The van der Waals surface area contributed by atoms with Gasteiger partial charge in [0.1, 0.15) is 5.75 Å². The first kappa shape index (κ1) is 14.2. The summed E-state index contributed by atoms with van der Waals surface area (Å²) in [6, 6.07) is 4.15. The first-order valence-corrected chi connectivity index (χ1v) is 5.70. The van der Waals surface area contributed by atoms with Gasteiger partial charge >= 0.3 is 12.6 Å². The van der Waals surface area contributed by atoms with Crippen molar-refractivity contribution >= 4 is 17.6 Å². The van der Waals surface area contributed by atoms with Gasteiger partial charge in [-0.15, -0.1) is 5.10 Å². The fraction of sp³-hybridized carbons (Fsp3) is 0.182. The van der Waals surface area contributed by atoms with Gasteiger partial charge in [0.15, 0.2) is 5.69 Å². The smallest absolute Gasteiger partial charge is 0.387 e. The molecule has 6 nitrogen and oxygen atoms in total. The van der Waals surface area contributed by atoms with Gasteiger partial charge in [0.2, 0.25) is 0 Å². The number of benzene rings is 1. The second-order valence-corrected chi connectivity index (χ2v) is 4.17. The lowest BCUT2D eigenvalue weighted by Gasteiger charge is -2.10. The maximum atomic E-state index is 12.3. The van der Waals surface area contributed by atoms with Crippen molar-refractivity contribution in [3.8, 4) is 5.75 Å². The number of hydrogen-bond donors (Lipinski definition) is 1. The minimum Gasteiger partial charge on any atom is -0.476 e. The Hall–Kier alpha value is -2.22. The number of carbonyl (C=O) groups is 1. The Morgan fingerprint density at radius 1 is 1.50 bits per heavy atom. The van der Waals surface area contributed by atoms with Crippen LogP contribution in [0.4, 0.5) is 8.78 Å². The summed E-state index contributed by atoms with van der Waals surface area (Å²) in [5.74, 6) is -1.29. The molecule has 2 rings (SSSR count). The van der Waals surface area contributed by atoms with Crippen molar-refractivity contribution in [1.29, 1.82) is 0 Å². The molecule has 2 aromatic rings. The highest BCUT2D eigenvalue weighted by atomic mass is 35.5. The van der Waals surface area contributed by atoms with Crippen molar-refractivity contribution in [2.45, 2.75) is 13.2 Å². The molecule has 0 atom stereocenters. The molecule has 20 heavy (non-hydrogen) atoms. The number of ether oxygens (including phenoxy) is 1. The Morgan fingerprint density at radius 3 is 2.85 bits per heavy atom. The zero-order chi connectivity index (χ0) is 14.7. The quantitative estimate of drug-likeness (QED) is 0.917. The molecule has 9 heteroatoms. The number of carboxylic acids is 1. The summed E-state index contributed by atoms with van der Waals surface area (Å²) in [5, 5.41) is 16.1. The highest BCUT2D eigenvalue weighted by molar-refractivity contribution is 6.30. The molecule has 1 aromatic carbocycles. The monoisotopic (exact) mass is 303 g/mol. The van der Waals surface area contributed by atoms with Crippen molar-refractivity contribution in [2.75, 3.05) is 0 Å². The molecule has 0 aliphatic heterocycles. The van der Waals surface area contributed by atoms with Crippen molar-refractivity contribution in [3.63, 3.8) is 0 Å². The van der Waals surface area contributed by atoms with Gasteiger partial charge in [0, 0.05) is 10.6 Å². The van der Waals surface area contributed by atoms with Crippen LogP contribution in [-0.2, 0) is 6.54 Å². The Bertz CT molecular complexity index is 633. The maximum Gasteiger partial charge on any atom is 0.387 e. The number of hydrogen-bond acceptors (Lipinski definition) is 4. The second-order valence-electron chi connectivity index (χ2n) is 3.74. The van der Waals surface area contributed by atoms with Gasteiger partial charge in [0.25, 0.3) is 0 Å². The lowest BCUT2D eigenvalue weighted by Crippen LogP contribution is -2.07. The number of halogens is 3. The molecule has 106 valence electrons. The molecule has 0 bridgehead atoms. The third kappa shape index (κ3) is 3.41. The van der Waals surface area contributed by atoms with Gasteiger partial charge in [0.05, 0.1) is 12.7 Å². The lowest BCUT2D eigenvalue weighted by atomic mass is 10.2. The summed E-state index contributed by atoms with van der Waals surface area (Å²) < 4.78 is 30.1. The largest absolute Gasteiger partial charge is 0.476 e. The molecular formula is C11H8ClF2N3O3. The molecular weight excluding hydrogens is 296 g/mol. The third-order valence-corrected chi connectivity index (χ3v) is 2.56. The van der Waals surface area contributed by atoms with Gasteiger partial charge in [-0.25, -0.2) is 9.48 Å². The van der Waals surface area contributed by atoms with Gasteiger partial charge < -0.3 is 9.84 Å². The predicted octanol–water partition coefficient (Wildman–Crippen LogP) is 2.28. The molecule has 0 aliphatic carbocycles. The van der Waals surface area contributed by atoms with Crippen LogP contribution < -0.4 is 4.74 Å². The fourth-order valence-electron chi connectivity index (χ4n) is 1.53. The fourth-order valence-corrected chi connectivity index (χ4v) is 1.73. The number of alkyl halides is 2. The minimum atomic E-state index is -2.97. The van der Waals surface area contributed by atoms with Gasteiger partial charge in [-0.1, -0.05) is 16.8 Å². The van der Waals surface area contributed by atoms with E-state index in [-0.39, 0.29) is 18.0 Å². The van der Waals surface area contributed by atoms with Gasteiger partial charge in [-0.2, -0.15) is 8.78 Å². The Kier molecular flexibility index (Phi) is 4.14. The molecule has 0 aliphatic rings. The van der Waals surface area contributed by atoms with Crippen LogP contribution in [0.25, 0.3) is 0 Å². The van der Waals surface area contributed by atoms with Crippen LogP contribution in [0.5, 0.6) is 5.75 Å². The topological polar surface area (TPSA) is 77.2 Å². The zero-order valence-corrected chi connectivity index (χ0v) is 10.6. The summed E-state index contributed by atoms with van der Waals surface area (Å²) in [5.41, 5.74) is 0.0861. The predicted molar refractivity (Wildman–Crippen MR) is 64.2 cm³/mol. The van der Waals surface area contributed by atoms with Crippen LogP contribution in [0.1, 0.15) is 16.1 Å². The van der Waals surface area contributed by atoms with Crippen LogP contribution in [0, 0.1) is 0 Å². The molecule has 1 heterocycles. The zero-order valence-electron chi connectivity index (χ0n) is 9.83. The Morgan fingerprint density at radius 2 is 2.25 bits per heavy atom. The first-order chi connectivity index (χ1) is 9.45. The van der Waals surface area contributed by atoms with Crippen LogP contribution in [-0.4, -0.2) is 32.7 Å². The summed E-state index contributed by atoms with van der Waals surface area (Å²) in [7, 11) is 0. The molecule has 0 radical (unpaired) electrons. The summed E-state index contributed by atoms with van der Waals surface area (Å²) in [6.45, 7) is -2.97. The summed E-state index contributed by atoms with van der Waals surface area (Å²) in [4.78, 5) is 10.7. The van der Waals surface area contributed by atoms with Crippen molar-refractivity contribution in [2.24, 2.45) is 0 Å². The van der Waals surface area contributed by atoms with E-state index in [1.54, 1.807) is 0 Å². The van der Waals surface area contributed by atoms with Crippen molar-refractivity contribution in [3.05, 3.63) is 40.7 Å². The molecule has 0 saturated carbocycles. The Labute approximate surface area is 116 Å². The number of nitrogens with zero attached hydrogens (tertiary/aromatic N) is 3. The van der Waals surface area contributed by atoms with E-state index in [1.165, 1.54) is 29.1 Å². The van der Waals surface area contributed by atoms with E-state index in [0.29, 0.717) is 10.6 Å². The van der Waals surface area contributed by atoms with E-state index in [1.807, 2.05) is 0 Å². The van der Waals surface area contributed by atoms with Crippen molar-refractivity contribution in [1.82, 2.24) is 15.0 Å². The SMILES string of the molecule is O=C(O)c1cn(Cc2cc(Cl)ccc2OC(F)F)nn1. The first-order valence-electron chi connectivity index (χ1n) is 5.32. The van der Waals surface area contributed by atoms with Gasteiger partial charge in [-0.3, -0.25) is 0 Å². The normalized spacial score (nSPS) is 10.8. The van der Waals surface area contributed by atoms with E-state index in [4.69, 9.17) is 16.7 Å². The minimum absolute atomic E-state index is 0.00287. The van der Waals surface area contributed by atoms with Crippen LogP contribution in [0.15, 0.2) is 24.4 Å². The molecule has 0 unspecified atom stereocenters. The third-order valence-electron chi connectivity index (χ3n) is 2.33. The van der Waals surface area contributed by atoms with Crippen molar-refractivity contribution < 1.29 is 23.4 Å². The van der Waals surface area contributed by atoms with E-state index in [2.05, 4.69) is 15.0 Å². The molecule has 1 N–H and O–H groups in total. The molecule has 1 aromatic heterocycles. The summed E-state index contributed by atoms with van der Waals surface area (Å²) in [6.07, 6.45) is 1.18. The molecule has 0 amide bonds. The van der Waals surface area contributed by atoms with Crippen LogP contribution in [0.3, 0.4) is 0 Å². The Balaban J connectivity index is 2.26. The van der Waals surface area contributed by atoms with E-state index < -0.39 is 12.6 Å². The average molecular weight is 304 g/mol. The number of aromatic nitrogens is 3. The van der Waals surface area contributed by atoms with Crippen LogP contribution >= 0.6 is 11.6 Å². The number of aromatic carboxylic acids is 1. The van der Waals surface area contributed by atoms with E-state index in [9.17, 15) is 13.6 Å². The van der Waals surface area contributed by atoms with Gasteiger partial charge in [-0.05, 0) is 18.2 Å². The average Bonchev–Trinajstić information content (AvgIpc) is 2.81. The number of carboxylic acid groups (broad SMARTS) is 1. The lowest BCUT2D eigenvalue weighted by molar-refractivity contribution is -0.0505. The maximum absolute atomic E-state index is 12.3. The highest BCUT2D eigenvalue weighted by Crippen LogP contribution is 2.25.